The molecule has 0 aliphatic rings. The number of imidazole rings is 1. The van der Waals surface area contributed by atoms with Gasteiger partial charge in [-0.25, -0.2) is 22.7 Å². The molecule has 10 heteroatoms. The summed E-state index contributed by atoms with van der Waals surface area (Å²) in [5.74, 6) is 0.557. The van der Waals surface area contributed by atoms with Gasteiger partial charge in [-0.2, -0.15) is 0 Å². The van der Waals surface area contributed by atoms with Gasteiger partial charge in [0.05, 0.1) is 21.6 Å². The standard InChI is InChI=1S/C23H25N5O3S2/c1-15-5-7-16(8-6-15)19-14-32-23(25-19)26-22(29)12-11-21-24-18-13-17(33(30,31)27(2)3)9-10-20(18)28(21)4/h5-10,13-14H,11-12H2,1-4H3,(H,25,26,29). The number of sulfonamides is 1. The van der Waals surface area contributed by atoms with E-state index in [2.05, 4.69) is 15.3 Å². The van der Waals surface area contributed by atoms with Crippen LogP contribution in [0.1, 0.15) is 17.8 Å². The summed E-state index contributed by atoms with van der Waals surface area (Å²) >= 11 is 1.39. The van der Waals surface area contributed by atoms with E-state index in [9.17, 15) is 13.2 Å². The average molecular weight is 484 g/mol. The van der Waals surface area contributed by atoms with Crippen molar-refractivity contribution in [3.05, 3.63) is 59.2 Å². The summed E-state index contributed by atoms with van der Waals surface area (Å²) in [6.45, 7) is 2.03. The molecule has 0 radical (unpaired) electrons. The van der Waals surface area contributed by atoms with E-state index in [1.54, 1.807) is 18.2 Å². The van der Waals surface area contributed by atoms with E-state index in [1.807, 2.05) is 48.2 Å². The van der Waals surface area contributed by atoms with Crippen molar-refractivity contribution in [2.45, 2.75) is 24.7 Å². The molecule has 0 bridgehead atoms. The summed E-state index contributed by atoms with van der Waals surface area (Å²) < 4.78 is 27.8. The summed E-state index contributed by atoms with van der Waals surface area (Å²) in [6, 6.07) is 13.0. The minimum atomic E-state index is -3.54. The van der Waals surface area contributed by atoms with E-state index in [1.165, 1.54) is 35.3 Å². The second-order valence-corrected chi connectivity index (χ2v) is 11.0. The van der Waals surface area contributed by atoms with Gasteiger partial charge >= 0.3 is 0 Å². The Balaban J connectivity index is 1.43. The molecule has 0 fully saturated rings. The van der Waals surface area contributed by atoms with Crippen LogP contribution in [0.25, 0.3) is 22.3 Å². The molecule has 0 aliphatic carbocycles. The molecular weight excluding hydrogens is 458 g/mol. The van der Waals surface area contributed by atoms with Crippen molar-refractivity contribution in [1.29, 1.82) is 0 Å². The van der Waals surface area contributed by atoms with Crippen LogP contribution in [0.2, 0.25) is 0 Å². The van der Waals surface area contributed by atoms with Gasteiger partial charge in [-0.1, -0.05) is 29.8 Å². The number of aryl methyl sites for hydroxylation is 3. The number of carbonyl (C=O) groups excluding carboxylic acids is 1. The number of amides is 1. The van der Waals surface area contributed by atoms with Gasteiger partial charge in [0.25, 0.3) is 0 Å². The first kappa shape index (κ1) is 23.1. The highest BCUT2D eigenvalue weighted by molar-refractivity contribution is 7.89. The normalized spacial score (nSPS) is 11.9. The Morgan fingerprint density at radius 2 is 1.85 bits per heavy atom. The number of nitrogens with zero attached hydrogens (tertiary/aromatic N) is 4. The zero-order valence-corrected chi connectivity index (χ0v) is 20.5. The topological polar surface area (TPSA) is 97.2 Å². The Morgan fingerprint density at radius 1 is 1.12 bits per heavy atom. The molecule has 0 saturated carbocycles. The minimum absolute atomic E-state index is 0.150. The molecule has 2 aromatic heterocycles. The van der Waals surface area contributed by atoms with E-state index in [0.717, 1.165) is 16.8 Å². The second kappa shape index (κ2) is 9.05. The van der Waals surface area contributed by atoms with Crippen molar-refractivity contribution < 1.29 is 13.2 Å². The quantitative estimate of drug-likeness (QED) is 0.431. The Morgan fingerprint density at radius 3 is 2.55 bits per heavy atom. The van der Waals surface area contributed by atoms with E-state index < -0.39 is 10.0 Å². The highest BCUT2D eigenvalue weighted by Crippen LogP contribution is 2.26. The van der Waals surface area contributed by atoms with Crippen LogP contribution in [-0.2, 0) is 28.3 Å². The fourth-order valence-corrected chi connectivity index (χ4v) is 5.08. The third kappa shape index (κ3) is 4.82. The molecule has 0 aliphatic heterocycles. The molecule has 33 heavy (non-hydrogen) atoms. The summed E-state index contributed by atoms with van der Waals surface area (Å²) in [5, 5.41) is 5.33. The zero-order valence-electron chi connectivity index (χ0n) is 18.9. The lowest BCUT2D eigenvalue weighted by Gasteiger charge is -2.10. The van der Waals surface area contributed by atoms with Crippen LogP contribution in [0.4, 0.5) is 5.13 Å². The Labute approximate surface area is 197 Å². The number of hydrogen-bond acceptors (Lipinski definition) is 6. The van der Waals surface area contributed by atoms with Gasteiger partial charge in [-0.3, -0.25) is 4.79 Å². The van der Waals surface area contributed by atoms with E-state index in [0.29, 0.717) is 22.9 Å². The van der Waals surface area contributed by atoms with Crippen molar-refractivity contribution in [3.8, 4) is 11.3 Å². The monoisotopic (exact) mass is 483 g/mol. The number of anilines is 1. The third-order valence-corrected chi connectivity index (χ3v) is 7.97. The molecule has 1 N–H and O–H groups in total. The average Bonchev–Trinajstić information content (AvgIpc) is 3.36. The van der Waals surface area contributed by atoms with Crippen LogP contribution in [-0.4, -0.2) is 47.3 Å². The molecule has 0 atom stereocenters. The number of nitrogens with one attached hydrogen (secondary N) is 1. The van der Waals surface area contributed by atoms with Crippen LogP contribution in [0, 0.1) is 6.92 Å². The van der Waals surface area contributed by atoms with Gasteiger partial charge in [0, 0.05) is 44.9 Å². The number of benzene rings is 2. The summed E-state index contributed by atoms with van der Waals surface area (Å²) in [5.41, 5.74) is 4.41. The lowest BCUT2D eigenvalue weighted by Crippen LogP contribution is -2.22. The first-order chi connectivity index (χ1) is 15.6. The van der Waals surface area contributed by atoms with Crippen molar-refractivity contribution in [1.82, 2.24) is 18.8 Å². The van der Waals surface area contributed by atoms with Gasteiger partial charge in [0.15, 0.2) is 5.13 Å². The number of thiazole rings is 1. The lowest BCUT2D eigenvalue weighted by atomic mass is 10.1. The SMILES string of the molecule is Cc1ccc(-c2csc(NC(=O)CCc3nc4cc(S(=O)(=O)N(C)C)ccc4n3C)n2)cc1. The molecule has 4 aromatic rings. The highest BCUT2D eigenvalue weighted by Gasteiger charge is 2.19. The first-order valence-electron chi connectivity index (χ1n) is 10.4. The maximum absolute atomic E-state index is 12.5. The first-order valence-corrected chi connectivity index (χ1v) is 12.7. The largest absolute Gasteiger partial charge is 0.331 e. The molecule has 2 aromatic carbocycles. The zero-order chi connectivity index (χ0) is 23.8. The predicted molar refractivity (Wildman–Crippen MR) is 131 cm³/mol. The van der Waals surface area contributed by atoms with Crippen LogP contribution in [0.3, 0.4) is 0 Å². The molecule has 0 unspecified atom stereocenters. The van der Waals surface area contributed by atoms with Crippen molar-refractivity contribution in [3.63, 3.8) is 0 Å². The Kier molecular flexibility index (Phi) is 6.33. The molecule has 172 valence electrons. The smallest absolute Gasteiger partial charge is 0.242 e. The molecule has 1 amide bonds. The number of rotatable bonds is 7. The molecule has 0 saturated heterocycles. The van der Waals surface area contributed by atoms with E-state index in [4.69, 9.17) is 0 Å². The van der Waals surface area contributed by atoms with E-state index >= 15 is 0 Å². The number of aromatic nitrogens is 3. The van der Waals surface area contributed by atoms with Crippen molar-refractivity contribution in [2.24, 2.45) is 7.05 Å². The maximum atomic E-state index is 12.5. The molecule has 0 spiro atoms. The van der Waals surface area contributed by atoms with E-state index in [-0.39, 0.29) is 17.2 Å². The second-order valence-electron chi connectivity index (χ2n) is 7.98. The molecule has 2 heterocycles. The molecule has 4 rings (SSSR count). The van der Waals surface area contributed by atoms with Crippen LogP contribution >= 0.6 is 11.3 Å². The number of carbonyl (C=O) groups is 1. The number of fused-ring (bicyclic) bond motifs is 1. The Bertz CT molecular complexity index is 1420. The lowest BCUT2D eigenvalue weighted by molar-refractivity contribution is -0.116. The van der Waals surface area contributed by atoms with Gasteiger partial charge in [0.1, 0.15) is 5.82 Å². The van der Waals surface area contributed by atoms with Gasteiger partial charge in [-0.15, -0.1) is 11.3 Å². The summed E-state index contributed by atoms with van der Waals surface area (Å²) in [6.07, 6.45) is 0.655. The summed E-state index contributed by atoms with van der Waals surface area (Å²) in [7, 11) is 1.31. The van der Waals surface area contributed by atoms with Gasteiger partial charge in [-0.05, 0) is 25.1 Å². The van der Waals surface area contributed by atoms with Gasteiger partial charge < -0.3 is 9.88 Å². The maximum Gasteiger partial charge on any atom is 0.242 e. The van der Waals surface area contributed by atoms with Crippen LogP contribution < -0.4 is 5.32 Å². The van der Waals surface area contributed by atoms with Crippen molar-refractivity contribution in [2.75, 3.05) is 19.4 Å². The highest BCUT2D eigenvalue weighted by atomic mass is 32.2. The van der Waals surface area contributed by atoms with Gasteiger partial charge in [0.2, 0.25) is 15.9 Å². The molecular formula is C23H25N5O3S2. The fourth-order valence-electron chi connectivity index (χ4n) is 3.42. The van der Waals surface area contributed by atoms with Crippen LogP contribution in [0.15, 0.2) is 52.7 Å². The fraction of sp³-hybridized carbons (Fsp3) is 0.261. The molecule has 8 nitrogen and oxygen atoms in total. The number of hydrogen-bond donors (Lipinski definition) is 1. The predicted octanol–water partition coefficient (Wildman–Crippen LogP) is 3.83. The third-order valence-electron chi connectivity index (χ3n) is 5.40. The summed E-state index contributed by atoms with van der Waals surface area (Å²) in [4.78, 5) is 21.8. The minimum Gasteiger partial charge on any atom is -0.331 e. The van der Waals surface area contributed by atoms with Crippen LogP contribution in [0.5, 0.6) is 0 Å². The Hall–Kier alpha value is -3.08. The van der Waals surface area contributed by atoms with Crippen molar-refractivity contribution >= 4 is 43.4 Å².